The van der Waals surface area contributed by atoms with E-state index in [9.17, 15) is 9.18 Å². The number of carbonyl (C=O) groups excluding carboxylic acids is 1. The molecule has 8 nitrogen and oxygen atoms in total. The van der Waals surface area contributed by atoms with Crippen molar-refractivity contribution in [1.29, 1.82) is 0 Å². The molecule has 1 fully saturated rings. The predicted molar refractivity (Wildman–Crippen MR) is 178 cm³/mol. The van der Waals surface area contributed by atoms with E-state index in [4.69, 9.17) is 21.1 Å². The molecule has 1 amide bonds. The van der Waals surface area contributed by atoms with Gasteiger partial charge in [-0.3, -0.25) is 4.90 Å². The van der Waals surface area contributed by atoms with Crippen LogP contribution in [-0.4, -0.2) is 54.2 Å². The first-order valence-electron chi connectivity index (χ1n) is 15.4. The molecule has 3 aromatic carbocycles. The molecule has 2 heterocycles. The van der Waals surface area contributed by atoms with Crippen molar-refractivity contribution in [3.05, 3.63) is 87.9 Å². The molecule has 5 rings (SSSR count). The third-order valence-corrected chi connectivity index (χ3v) is 8.52. The molecule has 0 aliphatic carbocycles. The maximum atomic E-state index is 15.0. The van der Waals surface area contributed by atoms with E-state index < -0.39 is 17.7 Å². The van der Waals surface area contributed by atoms with Crippen molar-refractivity contribution in [2.75, 3.05) is 43.5 Å². The summed E-state index contributed by atoms with van der Waals surface area (Å²) in [4.78, 5) is 25.5. The Balaban J connectivity index is 1.36. The summed E-state index contributed by atoms with van der Waals surface area (Å²) in [6.07, 6.45) is 3.67. The molecule has 0 radical (unpaired) electrons. The summed E-state index contributed by atoms with van der Waals surface area (Å²) >= 11 is 6.02. The molecule has 0 unspecified atom stereocenters. The fourth-order valence-corrected chi connectivity index (χ4v) is 5.55. The first kappa shape index (κ1) is 33.1. The molecule has 46 heavy (non-hydrogen) atoms. The average molecular weight is 650 g/mol. The number of piperidine rings is 1. The van der Waals surface area contributed by atoms with Crippen LogP contribution in [0.15, 0.2) is 54.6 Å². The number of anilines is 3. The standard InChI is InChI=1S/C35H38ClF2N5O3/c1-22-9-12-27(24(3)23(22)2)30-21-33(46-35(44)42(4)31-19-25(36)10-13-28(31)37)41-34(40-30)39-26-11-14-32(29(38)20-26)45-18-8-17-43-15-6-5-7-16-43/h9-14,19-21H,5-8,15-18H2,1-4H3,(H,39,40,41). The molecular weight excluding hydrogens is 612 g/mol. The Bertz CT molecular complexity index is 1710. The zero-order valence-electron chi connectivity index (χ0n) is 26.5. The van der Waals surface area contributed by atoms with E-state index in [0.29, 0.717) is 18.0 Å². The van der Waals surface area contributed by atoms with Crippen molar-refractivity contribution in [2.24, 2.45) is 0 Å². The molecule has 0 spiro atoms. The van der Waals surface area contributed by atoms with Gasteiger partial charge in [-0.25, -0.2) is 18.6 Å². The van der Waals surface area contributed by atoms with Gasteiger partial charge in [0.05, 0.1) is 18.0 Å². The Kier molecular flexibility index (Phi) is 10.7. The SMILES string of the molecule is Cc1ccc(-c2cc(OC(=O)N(C)c3cc(Cl)ccc3F)nc(Nc3ccc(OCCCN4CCCCC4)c(F)c3)n2)c(C)c1C. The van der Waals surface area contributed by atoms with Crippen molar-refractivity contribution in [3.8, 4) is 22.9 Å². The molecule has 1 aliphatic rings. The highest BCUT2D eigenvalue weighted by atomic mass is 35.5. The largest absolute Gasteiger partial charge is 0.490 e. The van der Waals surface area contributed by atoms with E-state index in [1.807, 2.05) is 32.9 Å². The molecule has 1 aromatic heterocycles. The van der Waals surface area contributed by atoms with Gasteiger partial charge < -0.3 is 19.7 Å². The van der Waals surface area contributed by atoms with Crippen LogP contribution in [0.5, 0.6) is 11.6 Å². The van der Waals surface area contributed by atoms with E-state index in [1.54, 1.807) is 12.1 Å². The number of halogens is 3. The van der Waals surface area contributed by atoms with Gasteiger partial charge in [0.25, 0.3) is 0 Å². The summed E-state index contributed by atoms with van der Waals surface area (Å²) in [5.41, 5.74) is 4.81. The Hall–Kier alpha value is -4.28. The van der Waals surface area contributed by atoms with E-state index in [2.05, 4.69) is 20.2 Å². The quantitative estimate of drug-likeness (QED) is 0.172. The minimum atomic E-state index is -0.888. The molecule has 0 atom stereocenters. The van der Waals surface area contributed by atoms with Crippen LogP contribution in [0.25, 0.3) is 11.3 Å². The second-order valence-electron chi connectivity index (χ2n) is 11.5. The summed E-state index contributed by atoms with van der Waals surface area (Å²) in [5, 5.41) is 3.28. The second kappa shape index (κ2) is 14.9. The molecule has 242 valence electrons. The molecule has 0 bridgehead atoms. The van der Waals surface area contributed by atoms with Gasteiger partial charge in [-0.05, 0) is 100 Å². The lowest BCUT2D eigenvalue weighted by atomic mass is 9.97. The van der Waals surface area contributed by atoms with Crippen LogP contribution in [0.2, 0.25) is 5.02 Å². The fourth-order valence-electron chi connectivity index (χ4n) is 5.38. The number of carbonyl (C=O) groups is 1. The number of hydrogen-bond donors (Lipinski definition) is 1. The highest BCUT2D eigenvalue weighted by molar-refractivity contribution is 6.30. The van der Waals surface area contributed by atoms with Crippen LogP contribution in [0.3, 0.4) is 0 Å². The zero-order chi connectivity index (χ0) is 32.8. The summed E-state index contributed by atoms with van der Waals surface area (Å²) in [7, 11) is 1.37. The average Bonchev–Trinajstić information content (AvgIpc) is 3.04. The number of amides is 1. The third-order valence-electron chi connectivity index (χ3n) is 8.28. The number of likely N-dealkylation sites (tertiary alicyclic amines) is 1. The van der Waals surface area contributed by atoms with Gasteiger partial charge in [0.2, 0.25) is 11.8 Å². The number of hydrogen-bond acceptors (Lipinski definition) is 7. The maximum Gasteiger partial charge on any atom is 0.420 e. The molecule has 1 N–H and O–H groups in total. The predicted octanol–water partition coefficient (Wildman–Crippen LogP) is 8.63. The third kappa shape index (κ3) is 8.10. The number of aromatic nitrogens is 2. The minimum Gasteiger partial charge on any atom is -0.490 e. The molecule has 4 aromatic rings. The summed E-state index contributed by atoms with van der Waals surface area (Å²) in [6.45, 7) is 9.60. The lowest BCUT2D eigenvalue weighted by molar-refractivity contribution is 0.203. The Morgan fingerprint density at radius 2 is 1.74 bits per heavy atom. The van der Waals surface area contributed by atoms with Gasteiger partial charge in [-0.1, -0.05) is 30.2 Å². The molecular formula is C35H38ClF2N5O3. The van der Waals surface area contributed by atoms with Crippen molar-refractivity contribution in [3.63, 3.8) is 0 Å². The fraction of sp³-hybridized carbons (Fsp3) is 0.343. The Morgan fingerprint density at radius 3 is 2.50 bits per heavy atom. The molecule has 0 saturated carbocycles. The second-order valence-corrected chi connectivity index (χ2v) is 11.9. The van der Waals surface area contributed by atoms with Gasteiger partial charge in [0, 0.05) is 42.0 Å². The monoisotopic (exact) mass is 649 g/mol. The van der Waals surface area contributed by atoms with E-state index in [0.717, 1.165) is 53.2 Å². The Labute approximate surface area is 273 Å². The zero-order valence-corrected chi connectivity index (χ0v) is 27.3. The van der Waals surface area contributed by atoms with Gasteiger partial charge in [-0.15, -0.1) is 0 Å². The van der Waals surface area contributed by atoms with Crippen molar-refractivity contribution < 1.29 is 23.0 Å². The number of rotatable bonds is 10. The van der Waals surface area contributed by atoms with Crippen LogP contribution in [0.1, 0.15) is 42.4 Å². The normalized spacial score (nSPS) is 13.4. The smallest absolute Gasteiger partial charge is 0.420 e. The van der Waals surface area contributed by atoms with E-state index in [-0.39, 0.29) is 28.3 Å². The lowest BCUT2D eigenvalue weighted by Gasteiger charge is -2.26. The van der Waals surface area contributed by atoms with Gasteiger partial charge in [0.1, 0.15) is 5.82 Å². The van der Waals surface area contributed by atoms with Crippen LogP contribution >= 0.6 is 11.6 Å². The topological polar surface area (TPSA) is 79.8 Å². The highest BCUT2D eigenvalue weighted by Gasteiger charge is 2.20. The van der Waals surface area contributed by atoms with Crippen molar-refractivity contribution in [2.45, 2.75) is 46.5 Å². The summed E-state index contributed by atoms with van der Waals surface area (Å²) in [5.74, 6) is -1.02. The number of aryl methyl sites for hydroxylation is 1. The Morgan fingerprint density at radius 1 is 0.957 bits per heavy atom. The first-order valence-corrected chi connectivity index (χ1v) is 15.8. The maximum absolute atomic E-state index is 15.0. The van der Waals surface area contributed by atoms with Crippen LogP contribution in [-0.2, 0) is 0 Å². The van der Waals surface area contributed by atoms with E-state index in [1.165, 1.54) is 56.6 Å². The summed E-state index contributed by atoms with van der Waals surface area (Å²) in [6, 6.07) is 13.9. The molecule has 1 saturated heterocycles. The summed E-state index contributed by atoms with van der Waals surface area (Å²) < 4.78 is 40.8. The van der Waals surface area contributed by atoms with Gasteiger partial charge >= 0.3 is 6.09 Å². The number of nitrogens with zero attached hydrogens (tertiary/aromatic N) is 4. The van der Waals surface area contributed by atoms with Crippen molar-refractivity contribution in [1.82, 2.24) is 14.9 Å². The first-order chi connectivity index (χ1) is 22.1. The number of ether oxygens (including phenoxy) is 2. The number of nitrogens with one attached hydrogen (secondary N) is 1. The highest BCUT2D eigenvalue weighted by Crippen LogP contribution is 2.31. The van der Waals surface area contributed by atoms with Gasteiger partial charge in [-0.2, -0.15) is 4.98 Å². The van der Waals surface area contributed by atoms with Crippen LogP contribution in [0.4, 0.5) is 30.9 Å². The van der Waals surface area contributed by atoms with Crippen molar-refractivity contribution >= 4 is 35.0 Å². The lowest BCUT2D eigenvalue weighted by Crippen LogP contribution is -2.31. The van der Waals surface area contributed by atoms with E-state index >= 15 is 4.39 Å². The van der Waals surface area contributed by atoms with Crippen LogP contribution in [0, 0.1) is 32.4 Å². The number of benzene rings is 3. The van der Waals surface area contributed by atoms with Gasteiger partial charge in [0.15, 0.2) is 11.6 Å². The minimum absolute atomic E-state index is 0.0561. The molecule has 11 heteroatoms. The van der Waals surface area contributed by atoms with Crippen LogP contribution < -0.4 is 19.7 Å². The molecule has 1 aliphatic heterocycles.